The van der Waals surface area contributed by atoms with Gasteiger partial charge in [-0.3, -0.25) is 14.7 Å². The van der Waals surface area contributed by atoms with Crippen LogP contribution in [0.1, 0.15) is 11.1 Å². The molecule has 2 heterocycles. The molecule has 0 amide bonds. The molecule has 1 saturated heterocycles. The normalized spacial score (nSPS) is 19.2. The number of halogens is 2. The van der Waals surface area contributed by atoms with Gasteiger partial charge in [-0.05, 0) is 48.5 Å². The third-order valence-electron chi connectivity index (χ3n) is 3.77. The molecule has 0 aliphatic carbocycles. The van der Waals surface area contributed by atoms with Crippen LogP contribution in [0.3, 0.4) is 0 Å². The zero-order valence-electron chi connectivity index (χ0n) is 13.2. The lowest BCUT2D eigenvalue weighted by Gasteiger charge is -2.26. The third-order valence-corrected chi connectivity index (χ3v) is 3.77. The standard InChI is InChI=1S/C19H16F2N2O/c1-23-11-15(7-13-4-5-17(20)18(21)9-13)19(24)16(12-23)8-14-3-2-6-22-10-14/h2-10H,11-12H2,1H3/b15-7+,16-8?. The fourth-order valence-corrected chi connectivity index (χ4v) is 2.68. The highest BCUT2D eigenvalue weighted by Gasteiger charge is 2.24. The average molecular weight is 326 g/mol. The first-order chi connectivity index (χ1) is 11.5. The van der Waals surface area contributed by atoms with Crippen molar-refractivity contribution in [2.45, 2.75) is 0 Å². The Morgan fingerprint density at radius 2 is 1.75 bits per heavy atom. The zero-order valence-corrected chi connectivity index (χ0v) is 13.2. The van der Waals surface area contributed by atoms with Crippen LogP contribution in [0.25, 0.3) is 12.2 Å². The highest BCUT2D eigenvalue weighted by Crippen LogP contribution is 2.21. The molecule has 0 saturated carbocycles. The number of likely N-dealkylation sites (tertiary alicyclic amines) is 1. The minimum atomic E-state index is -0.924. The summed E-state index contributed by atoms with van der Waals surface area (Å²) in [5, 5.41) is 0. The van der Waals surface area contributed by atoms with Crippen LogP contribution in [0.15, 0.2) is 53.9 Å². The first-order valence-corrected chi connectivity index (χ1v) is 7.52. The van der Waals surface area contributed by atoms with Crippen molar-refractivity contribution in [1.82, 2.24) is 9.88 Å². The molecule has 1 aromatic heterocycles. The number of ketones is 1. The third kappa shape index (κ3) is 3.63. The summed E-state index contributed by atoms with van der Waals surface area (Å²) in [4.78, 5) is 18.7. The van der Waals surface area contributed by atoms with E-state index in [1.165, 1.54) is 6.07 Å². The van der Waals surface area contributed by atoms with Crippen LogP contribution in [0, 0.1) is 11.6 Å². The molecule has 2 aromatic rings. The van der Waals surface area contributed by atoms with Crippen molar-refractivity contribution in [2.75, 3.05) is 20.1 Å². The van der Waals surface area contributed by atoms with Crippen molar-refractivity contribution >= 4 is 17.9 Å². The van der Waals surface area contributed by atoms with Gasteiger partial charge in [-0.2, -0.15) is 0 Å². The van der Waals surface area contributed by atoms with Crippen molar-refractivity contribution in [3.05, 3.63) is 76.6 Å². The van der Waals surface area contributed by atoms with Gasteiger partial charge in [-0.25, -0.2) is 8.78 Å². The van der Waals surface area contributed by atoms with Gasteiger partial charge >= 0.3 is 0 Å². The molecule has 1 fully saturated rings. The van der Waals surface area contributed by atoms with E-state index in [4.69, 9.17) is 0 Å². The van der Waals surface area contributed by atoms with Gasteiger partial charge in [0.05, 0.1) is 0 Å². The van der Waals surface area contributed by atoms with Gasteiger partial charge in [-0.15, -0.1) is 0 Å². The number of carbonyl (C=O) groups excluding carboxylic acids is 1. The van der Waals surface area contributed by atoms with Crippen LogP contribution < -0.4 is 0 Å². The van der Waals surface area contributed by atoms with E-state index in [1.54, 1.807) is 24.5 Å². The molecule has 5 heteroatoms. The van der Waals surface area contributed by atoms with Crippen molar-refractivity contribution in [3.8, 4) is 0 Å². The van der Waals surface area contributed by atoms with Crippen LogP contribution in [0.5, 0.6) is 0 Å². The van der Waals surface area contributed by atoms with E-state index in [9.17, 15) is 13.6 Å². The van der Waals surface area contributed by atoms with E-state index < -0.39 is 11.6 Å². The van der Waals surface area contributed by atoms with Crippen LogP contribution in [0.4, 0.5) is 8.78 Å². The Balaban J connectivity index is 1.93. The van der Waals surface area contributed by atoms with Crippen molar-refractivity contribution in [3.63, 3.8) is 0 Å². The van der Waals surface area contributed by atoms with E-state index >= 15 is 0 Å². The largest absolute Gasteiger partial charge is 0.298 e. The summed E-state index contributed by atoms with van der Waals surface area (Å²) in [7, 11) is 1.91. The average Bonchev–Trinajstić information content (AvgIpc) is 2.56. The Labute approximate surface area is 138 Å². The minimum absolute atomic E-state index is 0.0818. The topological polar surface area (TPSA) is 33.2 Å². The van der Waals surface area contributed by atoms with E-state index in [0.29, 0.717) is 29.8 Å². The lowest BCUT2D eigenvalue weighted by Crippen LogP contribution is -2.34. The number of hydrogen-bond donors (Lipinski definition) is 0. The number of benzene rings is 1. The molecule has 24 heavy (non-hydrogen) atoms. The summed E-state index contributed by atoms with van der Waals surface area (Å²) in [6.07, 6.45) is 6.78. The maximum atomic E-state index is 13.4. The molecular formula is C19H16F2N2O. The number of rotatable bonds is 2. The number of pyridine rings is 1. The second kappa shape index (κ2) is 6.84. The van der Waals surface area contributed by atoms with Gasteiger partial charge in [0, 0.05) is 36.6 Å². The first kappa shape index (κ1) is 16.2. The van der Waals surface area contributed by atoms with E-state index in [2.05, 4.69) is 4.98 Å². The quantitative estimate of drug-likeness (QED) is 0.794. The Morgan fingerprint density at radius 3 is 2.38 bits per heavy atom. The number of Topliss-reactive ketones (excluding diaryl/α,β-unsaturated/α-hetero) is 1. The van der Waals surface area contributed by atoms with E-state index in [-0.39, 0.29) is 5.78 Å². The van der Waals surface area contributed by atoms with E-state index in [0.717, 1.165) is 17.7 Å². The van der Waals surface area contributed by atoms with Crippen molar-refractivity contribution in [2.24, 2.45) is 0 Å². The lowest BCUT2D eigenvalue weighted by atomic mass is 9.95. The Bertz CT molecular complexity index is 829. The summed E-state index contributed by atoms with van der Waals surface area (Å²) < 4.78 is 26.4. The van der Waals surface area contributed by atoms with Gasteiger partial charge < -0.3 is 0 Å². The van der Waals surface area contributed by atoms with Crippen molar-refractivity contribution < 1.29 is 13.6 Å². The minimum Gasteiger partial charge on any atom is -0.298 e. The van der Waals surface area contributed by atoms with Gasteiger partial charge in [0.25, 0.3) is 0 Å². The Morgan fingerprint density at radius 1 is 1.04 bits per heavy atom. The summed E-state index contributed by atoms with van der Waals surface area (Å²) in [5.41, 5.74) is 2.51. The van der Waals surface area contributed by atoms with Crippen LogP contribution in [-0.2, 0) is 4.79 Å². The predicted molar refractivity (Wildman–Crippen MR) is 89.1 cm³/mol. The Kier molecular flexibility index (Phi) is 4.62. The molecule has 3 rings (SSSR count). The number of hydrogen-bond acceptors (Lipinski definition) is 3. The first-order valence-electron chi connectivity index (χ1n) is 7.52. The number of piperidine rings is 1. The molecule has 1 aromatic carbocycles. The molecule has 0 N–H and O–H groups in total. The Hall–Kier alpha value is -2.66. The zero-order chi connectivity index (χ0) is 17.1. The van der Waals surface area contributed by atoms with Crippen LogP contribution >= 0.6 is 0 Å². The number of likely N-dealkylation sites (N-methyl/N-ethyl adjacent to an activating group) is 1. The molecule has 1 aliphatic heterocycles. The fraction of sp³-hybridized carbons (Fsp3) is 0.158. The van der Waals surface area contributed by atoms with Gasteiger partial charge in [0.15, 0.2) is 17.4 Å². The molecule has 0 atom stereocenters. The molecule has 3 nitrogen and oxygen atoms in total. The molecule has 1 aliphatic rings. The molecule has 0 spiro atoms. The smallest absolute Gasteiger partial charge is 0.187 e. The predicted octanol–water partition coefficient (Wildman–Crippen LogP) is 3.34. The maximum Gasteiger partial charge on any atom is 0.187 e. The number of carbonyl (C=O) groups is 1. The summed E-state index contributed by atoms with van der Waals surface area (Å²) >= 11 is 0. The molecule has 0 unspecified atom stereocenters. The van der Waals surface area contributed by atoms with Crippen LogP contribution in [-0.4, -0.2) is 35.8 Å². The second-order valence-corrected chi connectivity index (χ2v) is 5.80. The van der Waals surface area contributed by atoms with E-state index in [1.807, 2.05) is 24.1 Å². The molecular weight excluding hydrogens is 310 g/mol. The molecule has 122 valence electrons. The second-order valence-electron chi connectivity index (χ2n) is 5.80. The maximum absolute atomic E-state index is 13.4. The summed E-state index contributed by atoms with van der Waals surface area (Å²) in [6, 6.07) is 7.29. The van der Waals surface area contributed by atoms with Crippen molar-refractivity contribution in [1.29, 1.82) is 0 Å². The monoisotopic (exact) mass is 326 g/mol. The summed E-state index contributed by atoms with van der Waals surface area (Å²) in [6.45, 7) is 0.991. The van der Waals surface area contributed by atoms with Gasteiger partial charge in [-0.1, -0.05) is 12.1 Å². The van der Waals surface area contributed by atoms with Gasteiger partial charge in [0.1, 0.15) is 0 Å². The number of aromatic nitrogens is 1. The fourth-order valence-electron chi connectivity index (χ4n) is 2.68. The lowest BCUT2D eigenvalue weighted by molar-refractivity contribution is -0.113. The van der Waals surface area contributed by atoms with Crippen LogP contribution in [0.2, 0.25) is 0 Å². The highest BCUT2D eigenvalue weighted by molar-refractivity contribution is 6.14. The number of nitrogens with zero attached hydrogens (tertiary/aromatic N) is 2. The molecule has 0 bridgehead atoms. The van der Waals surface area contributed by atoms with Gasteiger partial charge in [0.2, 0.25) is 0 Å². The molecule has 0 radical (unpaired) electrons. The summed E-state index contributed by atoms with van der Waals surface area (Å²) in [5.74, 6) is -1.91. The highest BCUT2D eigenvalue weighted by atomic mass is 19.2. The SMILES string of the molecule is CN1CC(=Cc2cccnc2)C(=O)/C(=C/c2ccc(F)c(F)c2)C1.